The van der Waals surface area contributed by atoms with Crippen molar-refractivity contribution in [1.82, 2.24) is 0 Å². The molecule has 0 bridgehead atoms. The molecule has 1 atom stereocenters. The van der Waals surface area contributed by atoms with Gasteiger partial charge in [0.2, 0.25) is 0 Å². The van der Waals surface area contributed by atoms with Gasteiger partial charge in [0.25, 0.3) is 0 Å². The predicted octanol–water partition coefficient (Wildman–Crippen LogP) is 17.6. The molecule has 0 aliphatic heterocycles. The van der Waals surface area contributed by atoms with E-state index in [0.29, 0.717) is 19.3 Å². The van der Waals surface area contributed by atoms with Gasteiger partial charge in [-0.2, -0.15) is 0 Å². The zero-order valence-electron chi connectivity index (χ0n) is 41.6. The van der Waals surface area contributed by atoms with Crippen molar-refractivity contribution in [3.05, 3.63) is 60.8 Å². The van der Waals surface area contributed by atoms with E-state index in [2.05, 4.69) is 81.5 Å². The standard InChI is InChI=1S/C57H100O6/c1-4-7-10-13-16-19-21-23-25-27-28-30-31-33-35-38-41-44-47-50-56(59)62-53-54(52-61-55(58)49-46-43-40-37-18-15-12-9-6-3)63-57(60)51-48-45-42-39-36-34-32-29-26-24-22-20-17-14-11-8-5-2/h16-17,19-20,23-26,32,34,54H,4-15,18,21-22,27-31,33,35-53H2,1-3H3/b19-16-,20-17-,25-23-,26-24-,34-32-/t54-/m1/s1. The zero-order valence-corrected chi connectivity index (χ0v) is 41.6. The lowest BCUT2D eigenvalue weighted by atomic mass is 10.1. The van der Waals surface area contributed by atoms with E-state index in [0.717, 1.165) is 89.9 Å². The van der Waals surface area contributed by atoms with Gasteiger partial charge in [0.1, 0.15) is 13.2 Å². The number of rotatable bonds is 48. The first-order valence-corrected chi connectivity index (χ1v) is 26.8. The van der Waals surface area contributed by atoms with Crippen molar-refractivity contribution in [2.45, 2.75) is 271 Å². The van der Waals surface area contributed by atoms with E-state index >= 15 is 0 Å². The summed E-state index contributed by atoms with van der Waals surface area (Å²) in [5, 5.41) is 0. The van der Waals surface area contributed by atoms with Gasteiger partial charge in [-0.25, -0.2) is 0 Å². The first kappa shape index (κ1) is 60.1. The first-order valence-electron chi connectivity index (χ1n) is 26.8. The zero-order chi connectivity index (χ0) is 45.8. The summed E-state index contributed by atoms with van der Waals surface area (Å²) in [6.45, 7) is 6.55. The molecule has 0 fully saturated rings. The molecule has 0 saturated heterocycles. The monoisotopic (exact) mass is 881 g/mol. The highest BCUT2D eigenvalue weighted by atomic mass is 16.6. The van der Waals surface area contributed by atoms with E-state index < -0.39 is 6.10 Å². The van der Waals surface area contributed by atoms with Crippen LogP contribution in [-0.4, -0.2) is 37.2 Å². The summed E-state index contributed by atoms with van der Waals surface area (Å²) < 4.78 is 16.8. The van der Waals surface area contributed by atoms with Crippen LogP contribution in [0.5, 0.6) is 0 Å². The van der Waals surface area contributed by atoms with Gasteiger partial charge in [-0.3, -0.25) is 14.4 Å². The number of esters is 3. The van der Waals surface area contributed by atoms with Crippen molar-refractivity contribution in [2.75, 3.05) is 13.2 Å². The average Bonchev–Trinajstić information content (AvgIpc) is 3.28. The topological polar surface area (TPSA) is 78.9 Å². The summed E-state index contributed by atoms with van der Waals surface area (Å²) in [4.78, 5) is 37.9. The number of ether oxygens (including phenoxy) is 3. The van der Waals surface area contributed by atoms with Gasteiger partial charge in [-0.15, -0.1) is 0 Å². The third-order valence-electron chi connectivity index (χ3n) is 11.5. The molecule has 0 amide bonds. The van der Waals surface area contributed by atoms with E-state index in [-0.39, 0.29) is 31.1 Å². The molecule has 63 heavy (non-hydrogen) atoms. The predicted molar refractivity (Wildman–Crippen MR) is 270 cm³/mol. The molecule has 0 unspecified atom stereocenters. The largest absolute Gasteiger partial charge is 0.462 e. The van der Waals surface area contributed by atoms with E-state index in [1.54, 1.807) is 0 Å². The Morgan fingerprint density at radius 2 is 0.571 bits per heavy atom. The molecule has 0 aromatic rings. The number of unbranched alkanes of at least 4 members (excludes halogenated alkanes) is 27. The lowest BCUT2D eigenvalue weighted by Crippen LogP contribution is -2.30. The molecule has 0 aromatic carbocycles. The smallest absolute Gasteiger partial charge is 0.306 e. The molecule has 6 nitrogen and oxygen atoms in total. The maximum absolute atomic E-state index is 12.8. The van der Waals surface area contributed by atoms with Crippen LogP contribution < -0.4 is 0 Å². The highest BCUT2D eigenvalue weighted by molar-refractivity contribution is 5.71. The third kappa shape index (κ3) is 50.0. The van der Waals surface area contributed by atoms with E-state index in [4.69, 9.17) is 14.2 Å². The first-order chi connectivity index (χ1) is 31.0. The minimum absolute atomic E-state index is 0.0832. The summed E-state index contributed by atoms with van der Waals surface area (Å²) >= 11 is 0. The molecule has 6 heteroatoms. The van der Waals surface area contributed by atoms with Crippen LogP contribution in [0.1, 0.15) is 265 Å². The van der Waals surface area contributed by atoms with Crippen LogP contribution in [0.2, 0.25) is 0 Å². The SMILES string of the molecule is CCCCC/C=C\C/C=C\C/C=C\CCCCCCC(=O)O[C@H](COC(=O)CCCCCCCCCCC)COC(=O)CCCCCCCCCCC/C=C\C/C=C\CCCCC. The van der Waals surface area contributed by atoms with Crippen LogP contribution in [0.4, 0.5) is 0 Å². The summed E-state index contributed by atoms with van der Waals surface area (Å²) in [6.07, 6.45) is 63.5. The summed E-state index contributed by atoms with van der Waals surface area (Å²) in [5.41, 5.74) is 0. The Morgan fingerprint density at radius 3 is 0.921 bits per heavy atom. The van der Waals surface area contributed by atoms with Gasteiger partial charge >= 0.3 is 17.9 Å². The van der Waals surface area contributed by atoms with Crippen LogP contribution in [0, 0.1) is 0 Å². The van der Waals surface area contributed by atoms with Crippen LogP contribution >= 0.6 is 0 Å². The van der Waals surface area contributed by atoms with Crippen LogP contribution in [0.25, 0.3) is 0 Å². The van der Waals surface area contributed by atoms with E-state index in [1.165, 1.54) is 135 Å². The minimum atomic E-state index is -0.784. The van der Waals surface area contributed by atoms with Crippen LogP contribution in [-0.2, 0) is 28.6 Å². The molecule has 0 aromatic heterocycles. The fraction of sp³-hybridized carbons (Fsp3) is 0.772. The lowest BCUT2D eigenvalue weighted by Gasteiger charge is -2.18. The van der Waals surface area contributed by atoms with Crippen LogP contribution in [0.15, 0.2) is 60.8 Å². The van der Waals surface area contributed by atoms with Gasteiger partial charge in [0, 0.05) is 19.3 Å². The third-order valence-corrected chi connectivity index (χ3v) is 11.5. The number of allylic oxidation sites excluding steroid dienone is 10. The summed E-state index contributed by atoms with van der Waals surface area (Å²) in [6, 6.07) is 0. The van der Waals surface area contributed by atoms with Gasteiger partial charge in [-0.1, -0.05) is 216 Å². The normalized spacial score (nSPS) is 12.5. The van der Waals surface area contributed by atoms with Crippen molar-refractivity contribution in [1.29, 1.82) is 0 Å². The molecule has 0 radical (unpaired) electrons. The fourth-order valence-electron chi connectivity index (χ4n) is 7.42. The van der Waals surface area contributed by atoms with Crippen molar-refractivity contribution >= 4 is 17.9 Å². The van der Waals surface area contributed by atoms with E-state index in [9.17, 15) is 14.4 Å². The average molecular weight is 881 g/mol. The Balaban J connectivity index is 4.34. The molecule has 0 spiro atoms. The van der Waals surface area contributed by atoms with Gasteiger partial charge in [0.05, 0.1) is 0 Å². The minimum Gasteiger partial charge on any atom is -0.462 e. The molecule has 0 rings (SSSR count). The lowest BCUT2D eigenvalue weighted by molar-refractivity contribution is -0.167. The maximum atomic E-state index is 12.8. The molecular formula is C57H100O6. The maximum Gasteiger partial charge on any atom is 0.306 e. The number of hydrogen-bond acceptors (Lipinski definition) is 6. The number of carbonyl (C=O) groups excluding carboxylic acids is 3. The Bertz CT molecular complexity index is 1150. The highest BCUT2D eigenvalue weighted by Crippen LogP contribution is 2.15. The van der Waals surface area contributed by atoms with Gasteiger partial charge < -0.3 is 14.2 Å². The second-order valence-corrected chi connectivity index (χ2v) is 17.8. The molecule has 364 valence electrons. The summed E-state index contributed by atoms with van der Waals surface area (Å²) in [7, 11) is 0. The number of hydrogen-bond donors (Lipinski definition) is 0. The van der Waals surface area contributed by atoms with Crippen molar-refractivity contribution < 1.29 is 28.6 Å². The number of carbonyl (C=O) groups is 3. The molecule has 0 saturated carbocycles. The second-order valence-electron chi connectivity index (χ2n) is 17.8. The Hall–Kier alpha value is -2.89. The molecule has 0 aliphatic rings. The van der Waals surface area contributed by atoms with Gasteiger partial charge in [0.15, 0.2) is 6.10 Å². The Kier molecular flexibility index (Phi) is 49.4. The molecule has 0 aliphatic carbocycles. The quantitative estimate of drug-likeness (QED) is 0.0262. The molecular weight excluding hydrogens is 781 g/mol. The highest BCUT2D eigenvalue weighted by Gasteiger charge is 2.19. The second kappa shape index (κ2) is 51.7. The van der Waals surface area contributed by atoms with Crippen molar-refractivity contribution in [2.24, 2.45) is 0 Å². The summed E-state index contributed by atoms with van der Waals surface area (Å²) in [5.74, 6) is -0.906. The van der Waals surface area contributed by atoms with Crippen molar-refractivity contribution in [3.8, 4) is 0 Å². The fourth-order valence-corrected chi connectivity index (χ4v) is 7.42. The molecule has 0 heterocycles. The Labute approximate surface area is 390 Å². The Morgan fingerprint density at radius 1 is 0.317 bits per heavy atom. The van der Waals surface area contributed by atoms with Crippen LogP contribution in [0.3, 0.4) is 0 Å². The van der Waals surface area contributed by atoms with E-state index in [1.807, 2.05) is 0 Å². The van der Waals surface area contributed by atoms with Crippen molar-refractivity contribution in [3.63, 3.8) is 0 Å². The van der Waals surface area contributed by atoms with Gasteiger partial charge in [-0.05, 0) is 89.9 Å². The molecule has 0 N–H and O–H groups in total.